The number of thiophene rings is 1. The van der Waals surface area contributed by atoms with Gasteiger partial charge in [-0.05, 0) is 31.5 Å². The number of Topliss-reactive ketones (excluding diaryl/α,β-unsaturated/α-hetero) is 1. The number of H-pyrrole nitrogens is 1. The maximum Gasteiger partial charge on any atom is 0.269 e. The van der Waals surface area contributed by atoms with Gasteiger partial charge in [0.2, 0.25) is 0 Å². The van der Waals surface area contributed by atoms with Gasteiger partial charge in [-0.2, -0.15) is 0 Å². The molecule has 0 amide bonds. The molecule has 1 N–H and O–H groups in total. The lowest BCUT2D eigenvalue weighted by Gasteiger charge is -2.29. The number of nitrogens with one attached hydrogen (secondary N) is 1. The molecule has 1 aliphatic rings. The number of nitro groups is 1. The Morgan fingerprint density at radius 2 is 2.10 bits per heavy atom. The minimum absolute atomic E-state index is 0.0630. The second kappa shape index (κ2) is 7.36. The number of carbonyl (C=O) groups is 1. The van der Waals surface area contributed by atoms with Gasteiger partial charge in [0.15, 0.2) is 10.9 Å². The van der Waals surface area contributed by atoms with Crippen LogP contribution in [0.15, 0.2) is 34.2 Å². The van der Waals surface area contributed by atoms with Gasteiger partial charge in [-0.15, -0.1) is 11.3 Å². The maximum atomic E-state index is 12.7. The molecule has 2 aromatic heterocycles. The Morgan fingerprint density at radius 1 is 1.38 bits per heavy atom. The summed E-state index contributed by atoms with van der Waals surface area (Å²) in [6.45, 7) is 4.45. The lowest BCUT2D eigenvalue weighted by Crippen LogP contribution is -2.31. The molecule has 150 valence electrons. The van der Waals surface area contributed by atoms with E-state index < -0.39 is 4.92 Å². The van der Waals surface area contributed by atoms with Crippen molar-refractivity contribution in [3.63, 3.8) is 0 Å². The van der Waals surface area contributed by atoms with Crippen molar-refractivity contribution in [1.82, 2.24) is 9.97 Å². The van der Waals surface area contributed by atoms with E-state index in [-0.39, 0.29) is 28.4 Å². The number of non-ortho nitro benzene ring substituents is 1. The number of rotatable bonds is 5. The highest BCUT2D eigenvalue weighted by molar-refractivity contribution is 7.99. The van der Waals surface area contributed by atoms with Crippen molar-refractivity contribution in [3.05, 3.63) is 60.7 Å². The second-order valence-electron chi connectivity index (χ2n) is 7.30. The Balaban J connectivity index is 1.54. The highest BCUT2D eigenvalue weighted by Gasteiger charge is 2.30. The van der Waals surface area contributed by atoms with E-state index in [2.05, 4.69) is 9.97 Å². The van der Waals surface area contributed by atoms with E-state index in [1.54, 1.807) is 0 Å². The van der Waals surface area contributed by atoms with Crippen molar-refractivity contribution in [3.8, 4) is 0 Å². The Bertz CT molecular complexity index is 1180. The van der Waals surface area contributed by atoms with Crippen molar-refractivity contribution in [2.24, 2.45) is 0 Å². The van der Waals surface area contributed by atoms with Gasteiger partial charge in [-0.1, -0.05) is 11.8 Å². The highest BCUT2D eigenvalue weighted by atomic mass is 32.2. The largest absolute Gasteiger partial charge is 0.370 e. The van der Waals surface area contributed by atoms with Gasteiger partial charge in [0, 0.05) is 29.0 Å². The van der Waals surface area contributed by atoms with Crippen LogP contribution in [-0.2, 0) is 17.8 Å². The number of carbonyl (C=O) groups excluding carboxylic acids is 1. The minimum Gasteiger partial charge on any atom is -0.370 e. The molecule has 3 aromatic rings. The number of aromatic nitrogens is 2. The molecule has 0 radical (unpaired) electrons. The van der Waals surface area contributed by atoms with Crippen LogP contribution in [0.2, 0.25) is 0 Å². The molecule has 0 fully saturated rings. The van der Waals surface area contributed by atoms with E-state index in [1.807, 2.05) is 13.8 Å². The van der Waals surface area contributed by atoms with E-state index in [4.69, 9.17) is 4.74 Å². The van der Waals surface area contributed by atoms with Crippen LogP contribution < -0.4 is 5.56 Å². The lowest BCUT2D eigenvalue weighted by atomic mass is 9.94. The summed E-state index contributed by atoms with van der Waals surface area (Å²) in [6.07, 6.45) is 0.651. The first-order valence-electron chi connectivity index (χ1n) is 8.82. The summed E-state index contributed by atoms with van der Waals surface area (Å²) in [5.41, 5.74) is 0.763. The normalized spacial score (nSPS) is 15.2. The maximum absolute atomic E-state index is 12.7. The molecule has 0 bridgehead atoms. The number of ether oxygens (including phenoxy) is 1. The minimum atomic E-state index is -0.514. The van der Waals surface area contributed by atoms with Crippen molar-refractivity contribution < 1.29 is 14.5 Å². The lowest BCUT2D eigenvalue weighted by molar-refractivity contribution is -0.384. The van der Waals surface area contributed by atoms with Crippen LogP contribution >= 0.6 is 23.1 Å². The fourth-order valence-corrected chi connectivity index (χ4v) is 5.10. The van der Waals surface area contributed by atoms with Crippen molar-refractivity contribution in [2.45, 2.75) is 37.6 Å². The van der Waals surface area contributed by atoms with Crippen LogP contribution in [0.4, 0.5) is 5.69 Å². The molecule has 0 saturated heterocycles. The van der Waals surface area contributed by atoms with Crippen LogP contribution in [0.5, 0.6) is 0 Å². The zero-order valence-corrected chi connectivity index (χ0v) is 17.3. The van der Waals surface area contributed by atoms with Gasteiger partial charge >= 0.3 is 0 Å². The standard InChI is InChI=1S/C19H17N3O5S2/c1-19(2)7-12-14(8-27-19)29-17-15(12)16(24)20-18(21-17)28-9-13(23)10-3-5-11(6-4-10)22(25)26/h3-6H,7-9H2,1-2H3,(H,20,21,24). The summed E-state index contributed by atoms with van der Waals surface area (Å²) < 4.78 is 5.82. The SMILES string of the molecule is CC1(C)Cc2c(sc3nc(SCC(=O)c4ccc([N+](=O)[O-])cc4)[nH]c(=O)c23)CO1. The summed E-state index contributed by atoms with van der Waals surface area (Å²) in [6, 6.07) is 5.44. The van der Waals surface area contributed by atoms with Crippen LogP contribution in [0, 0.1) is 10.1 Å². The average Bonchev–Trinajstić information content (AvgIpc) is 3.03. The number of thioether (sulfide) groups is 1. The second-order valence-corrected chi connectivity index (χ2v) is 9.34. The van der Waals surface area contributed by atoms with Gasteiger partial charge in [-0.25, -0.2) is 4.98 Å². The van der Waals surface area contributed by atoms with Crippen LogP contribution in [0.25, 0.3) is 10.2 Å². The van der Waals surface area contributed by atoms with Gasteiger partial charge in [0.05, 0.1) is 28.3 Å². The number of aromatic amines is 1. The summed E-state index contributed by atoms with van der Waals surface area (Å²) in [5, 5.41) is 11.7. The van der Waals surface area contributed by atoms with Crippen molar-refractivity contribution in [1.29, 1.82) is 0 Å². The Morgan fingerprint density at radius 3 is 2.79 bits per heavy atom. The van der Waals surface area contributed by atoms with Crippen molar-refractivity contribution >= 4 is 44.8 Å². The molecule has 4 rings (SSSR count). The number of nitro benzene ring substituents is 1. The zero-order chi connectivity index (χ0) is 20.8. The van der Waals surface area contributed by atoms with Gasteiger partial charge < -0.3 is 9.72 Å². The van der Waals surface area contributed by atoms with Crippen LogP contribution in [-0.4, -0.2) is 32.0 Å². The number of benzene rings is 1. The van der Waals surface area contributed by atoms with Crippen LogP contribution in [0.1, 0.15) is 34.6 Å². The first-order valence-corrected chi connectivity index (χ1v) is 10.6. The topological polar surface area (TPSA) is 115 Å². The molecule has 10 heteroatoms. The molecule has 1 aliphatic heterocycles. The van der Waals surface area contributed by atoms with E-state index in [0.717, 1.165) is 22.2 Å². The fourth-order valence-electron chi connectivity index (χ4n) is 3.19. The summed E-state index contributed by atoms with van der Waals surface area (Å²) in [4.78, 5) is 44.2. The van der Waals surface area contributed by atoms with Crippen LogP contribution in [0.3, 0.4) is 0 Å². The molecule has 0 aliphatic carbocycles. The Kier molecular flexibility index (Phi) is 5.01. The quantitative estimate of drug-likeness (QED) is 0.215. The van der Waals surface area contributed by atoms with Gasteiger partial charge in [0.25, 0.3) is 11.2 Å². The molecule has 8 nitrogen and oxygen atoms in total. The predicted octanol–water partition coefficient (Wildman–Crippen LogP) is 3.72. The summed E-state index contributed by atoms with van der Waals surface area (Å²) in [5.74, 6) is -0.138. The fraction of sp³-hybridized carbons (Fsp3) is 0.316. The monoisotopic (exact) mass is 431 g/mol. The Labute approximate surface area is 173 Å². The third kappa shape index (κ3) is 3.96. The number of fused-ring (bicyclic) bond motifs is 3. The average molecular weight is 431 g/mol. The Hall–Kier alpha value is -2.56. The zero-order valence-electron chi connectivity index (χ0n) is 15.7. The first kappa shape index (κ1) is 19.7. The predicted molar refractivity (Wildman–Crippen MR) is 111 cm³/mol. The van der Waals surface area contributed by atoms with Gasteiger partial charge in [0.1, 0.15) is 4.83 Å². The third-order valence-electron chi connectivity index (χ3n) is 4.66. The highest BCUT2D eigenvalue weighted by Crippen LogP contribution is 2.37. The van der Waals surface area contributed by atoms with E-state index in [1.165, 1.54) is 35.6 Å². The molecule has 0 saturated carbocycles. The van der Waals surface area contributed by atoms with E-state index in [0.29, 0.717) is 34.0 Å². The van der Waals surface area contributed by atoms with E-state index >= 15 is 0 Å². The first-order chi connectivity index (χ1) is 13.7. The smallest absolute Gasteiger partial charge is 0.269 e. The number of hydrogen-bond acceptors (Lipinski definition) is 8. The molecule has 0 spiro atoms. The summed E-state index contributed by atoms with van der Waals surface area (Å²) >= 11 is 2.58. The molecule has 3 heterocycles. The van der Waals surface area contributed by atoms with Crippen molar-refractivity contribution in [2.75, 3.05) is 5.75 Å². The summed E-state index contributed by atoms with van der Waals surface area (Å²) in [7, 11) is 0. The number of nitrogens with zero attached hydrogens (tertiary/aromatic N) is 2. The van der Waals surface area contributed by atoms with E-state index in [9.17, 15) is 19.7 Å². The van der Waals surface area contributed by atoms with Gasteiger partial charge in [-0.3, -0.25) is 19.7 Å². The molecule has 0 atom stereocenters. The third-order valence-corrected chi connectivity index (χ3v) is 6.63. The number of hydrogen-bond donors (Lipinski definition) is 1. The number of ketones is 1. The molecule has 0 unspecified atom stereocenters. The molecule has 29 heavy (non-hydrogen) atoms. The molecular formula is C19H17N3O5S2. The molecular weight excluding hydrogens is 414 g/mol. The molecule has 1 aromatic carbocycles.